The van der Waals surface area contributed by atoms with Gasteiger partial charge in [0.1, 0.15) is 0 Å². The van der Waals surface area contributed by atoms with E-state index >= 15 is 0 Å². The summed E-state index contributed by atoms with van der Waals surface area (Å²) in [6, 6.07) is 77.8. The summed E-state index contributed by atoms with van der Waals surface area (Å²) in [4.78, 5) is 4.99. The second-order valence-corrected chi connectivity index (χ2v) is 29.1. The van der Waals surface area contributed by atoms with E-state index in [0.29, 0.717) is 0 Å². The van der Waals surface area contributed by atoms with E-state index < -0.39 is 18.7 Å². The second kappa shape index (κ2) is 15.5. The van der Waals surface area contributed by atoms with Crippen LogP contribution >= 0.6 is 0 Å². The zero-order valence-electron chi connectivity index (χ0n) is 39.9. The van der Waals surface area contributed by atoms with Crippen molar-refractivity contribution in [1.29, 1.82) is 0 Å². The molecule has 4 heteroatoms. The summed E-state index contributed by atoms with van der Waals surface area (Å²) in [5.41, 5.74) is 20.4. The average Bonchev–Trinajstić information content (AvgIpc) is 3.88. The first-order valence-corrected chi connectivity index (χ1v) is 30.5. The molecule has 69 heavy (non-hydrogen) atoms. The zero-order chi connectivity index (χ0) is 46.8. The molecule has 0 saturated carbocycles. The van der Waals surface area contributed by atoms with Gasteiger partial charge in [-0.25, -0.2) is 0 Å². The van der Waals surface area contributed by atoms with Crippen LogP contribution < -0.4 is 18.6 Å². The average molecular weight is 950 g/mol. The first-order valence-electron chi connectivity index (χ1n) is 24.2. The molecule has 0 atom stereocenters. The van der Waals surface area contributed by atoms with E-state index in [1.165, 1.54) is 75.2 Å². The molecule has 0 bridgehead atoms. The molecule has 1 aliphatic carbocycles. The third-order valence-electron chi connectivity index (χ3n) is 15.2. The van der Waals surface area contributed by atoms with Gasteiger partial charge in [0.15, 0.2) is 0 Å². The van der Waals surface area contributed by atoms with Crippen molar-refractivity contribution in [2.45, 2.75) is 44.6 Å². The first kappa shape index (κ1) is 41.6. The second-order valence-electron chi connectivity index (χ2n) is 20.0. The van der Waals surface area contributed by atoms with Gasteiger partial charge in [-0.2, -0.15) is 0 Å². The number of hydrogen-bond donors (Lipinski definition) is 0. The van der Waals surface area contributed by atoms with Crippen LogP contribution in [0.5, 0.6) is 0 Å². The number of fused-ring (bicyclic) bond motifs is 15. The number of aryl methyl sites for hydroxylation is 4. The molecule has 1 spiro atoms. The molecule has 0 N–H and O–H groups in total. The van der Waals surface area contributed by atoms with Crippen LogP contribution in [0.1, 0.15) is 44.5 Å². The Morgan fingerprint density at radius 2 is 0.797 bits per heavy atom. The Labute approximate surface area is 407 Å². The summed E-state index contributed by atoms with van der Waals surface area (Å²) < 4.78 is 10.5. The van der Waals surface area contributed by atoms with Crippen LogP contribution in [0.4, 0.5) is 34.1 Å². The summed E-state index contributed by atoms with van der Waals surface area (Å²) in [7, 11) is 0. The normalized spacial score (nSPS) is 13.9. The maximum absolute atomic E-state index is 7.48. The Morgan fingerprint density at radius 3 is 1.32 bits per heavy atom. The van der Waals surface area contributed by atoms with E-state index in [1.54, 1.807) is 0 Å². The number of anilines is 6. The van der Waals surface area contributed by atoms with Crippen LogP contribution in [-0.4, -0.2) is 13.3 Å². The van der Waals surface area contributed by atoms with Crippen LogP contribution in [-0.2, 0) is 5.41 Å². The van der Waals surface area contributed by atoms with Crippen LogP contribution in [0.15, 0.2) is 211 Å². The van der Waals surface area contributed by atoms with E-state index in [1.807, 2.05) is 0 Å². The minimum atomic E-state index is -2.94. The molecule has 0 saturated heterocycles. The molecule has 1 aromatic heterocycles. The number of furan rings is 1. The molecule has 2 aliphatic rings. The van der Waals surface area contributed by atoms with Crippen molar-refractivity contribution >= 4 is 88.9 Å². The number of nitrogens with zero attached hydrogens (tertiary/aromatic N) is 2. The molecule has 2 heterocycles. The summed E-state index contributed by atoms with van der Waals surface area (Å²) in [6.45, 7) is 8.77. The van der Waals surface area contributed by atoms with Crippen LogP contribution in [0.3, 0.4) is 0 Å². The van der Waals surface area contributed by atoms with Gasteiger partial charge < -0.3 is 0 Å². The van der Waals surface area contributed by atoms with Crippen LogP contribution in [0.25, 0.3) is 43.8 Å². The Bertz CT molecular complexity index is 3770. The van der Waals surface area contributed by atoms with Gasteiger partial charge in [-0.05, 0) is 0 Å². The predicted molar refractivity (Wildman–Crippen MR) is 294 cm³/mol. The SMILES string of the molecule is Cc1cccc(N(c2cccc(C)c2)c2cc3c(c4ccccc24)-c2c(cc(N(c4cccc(C)c4)c4cccc(C)c4)c4c2oc2ccccc24)C32c3cccc[c]3[Ge]([CH3])([CH3])[c]3ccccc32)c1. The van der Waals surface area contributed by atoms with E-state index in [9.17, 15) is 0 Å². The quantitative estimate of drug-likeness (QED) is 0.155. The van der Waals surface area contributed by atoms with Crippen molar-refractivity contribution in [3.63, 3.8) is 0 Å². The molecule has 13 rings (SSSR count). The fourth-order valence-electron chi connectivity index (χ4n) is 12.4. The number of para-hydroxylation sites is 1. The molecule has 332 valence electrons. The fourth-order valence-corrected chi connectivity index (χ4v) is 19.1. The van der Waals surface area contributed by atoms with E-state index in [2.05, 4.69) is 255 Å². The van der Waals surface area contributed by atoms with Crippen molar-refractivity contribution in [2.24, 2.45) is 0 Å². The van der Waals surface area contributed by atoms with E-state index in [0.717, 1.165) is 56.1 Å². The molecule has 0 fully saturated rings. The number of benzene rings is 10. The Balaban J connectivity index is 1.27. The van der Waals surface area contributed by atoms with Crippen molar-refractivity contribution < 1.29 is 4.42 Å². The molecule has 3 nitrogen and oxygen atoms in total. The van der Waals surface area contributed by atoms with Gasteiger partial charge in [-0.15, -0.1) is 0 Å². The van der Waals surface area contributed by atoms with Crippen molar-refractivity contribution in [3.05, 3.63) is 251 Å². The standard InChI is InChI=1S/C65H52GeN2O/c1-41-19-15-23-45(35-41)67(46-24-16-20-42(2)36-46)58-39-54-61(50-28-8-7-27-49(50)58)63-55(65(54)52-30-10-12-32-56(52)66(5,6)57-33-13-11-31-53(57)65)40-59(62-51-29-9-14-34-60(51)69-64(62)63)68(47-25-17-21-43(3)37-47)48-26-18-22-44(4)38-48/h7-40H,1-6H3. The van der Waals surface area contributed by atoms with E-state index in [4.69, 9.17) is 4.42 Å². The molecule has 0 amide bonds. The Hall–Kier alpha value is -7.60. The van der Waals surface area contributed by atoms with Gasteiger partial charge in [0, 0.05) is 0 Å². The number of rotatable bonds is 6. The molecule has 0 radical (unpaired) electrons. The molecular weight excluding hydrogens is 897 g/mol. The minimum absolute atomic E-state index is 0.713. The fraction of sp³-hybridized carbons (Fsp3) is 0.108. The third kappa shape index (κ3) is 6.06. The maximum atomic E-state index is 7.48. The Kier molecular flexibility index (Phi) is 9.32. The molecule has 1 aliphatic heterocycles. The van der Waals surface area contributed by atoms with Crippen molar-refractivity contribution in [2.75, 3.05) is 9.80 Å². The van der Waals surface area contributed by atoms with Crippen LogP contribution in [0.2, 0.25) is 11.5 Å². The molecular formula is C65H52GeN2O. The monoisotopic (exact) mass is 950 g/mol. The zero-order valence-corrected chi connectivity index (χ0v) is 42.0. The molecule has 11 aromatic rings. The predicted octanol–water partition coefficient (Wildman–Crippen LogP) is 16.4. The summed E-state index contributed by atoms with van der Waals surface area (Å²) in [5.74, 6) is 5.19. The summed E-state index contributed by atoms with van der Waals surface area (Å²) in [6.07, 6.45) is 0. The van der Waals surface area contributed by atoms with Gasteiger partial charge in [0.05, 0.1) is 0 Å². The molecule has 10 aromatic carbocycles. The summed E-state index contributed by atoms with van der Waals surface area (Å²) in [5, 5.41) is 4.61. The third-order valence-corrected chi connectivity index (χ3v) is 22.7. The first-order chi connectivity index (χ1) is 33.6. The van der Waals surface area contributed by atoms with Gasteiger partial charge in [-0.3, -0.25) is 0 Å². The van der Waals surface area contributed by atoms with Gasteiger partial charge in [-0.1, -0.05) is 0 Å². The number of hydrogen-bond acceptors (Lipinski definition) is 3. The topological polar surface area (TPSA) is 19.6 Å². The van der Waals surface area contributed by atoms with Crippen molar-refractivity contribution in [3.8, 4) is 11.1 Å². The van der Waals surface area contributed by atoms with Crippen LogP contribution in [0, 0.1) is 27.7 Å². The summed E-state index contributed by atoms with van der Waals surface area (Å²) >= 11 is -2.94. The molecule has 0 unspecified atom stereocenters. The van der Waals surface area contributed by atoms with Gasteiger partial charge in [0.2, 0.25) is 0 Å². The Morgan fingerprint density at radius 1 is 0.377 bits per heavy atom. The van der Waals surface area contributed by atoms with E-state index in [-0.39, 0.29) is 0 Å². The van der Waals surface area contributed by atoms with Gasteiger partial charge in [0.25, 0.3) is 0 Å². The van der Waals surface area contributed by atoms with Gasteiger partial charge >= 0.3 is 410 Å². The van der Waals surface area contributed by atoms with Crippen molar-refractivity contribution in [1.82, 2.24) is 0 Å².